The van der Waals surface area contributed by atoms with E-state index in [1.54, 1.807) is 0 Å². The number of hydrogen-bond acceptors (Lipinski definition) is 2. The lowest BCUT2D eigenvalue weighted by molar-refractivity contribution is -0.136. The molecule has 0 spiro atoms. The van der Waals surface area contributed by atoms with Gasteiger partial charge in [-0.05, 0) is 25.7 Å². The van der Waals surface area contributed by atoms with E-state index in [0.29, 0.717) is 5.82 Å². The summed E-state index contributed by atoms with van der Waals surface area (Å²) in [5.41, 5.74) is 2.36. The Morgan fingerprint density at radius 1 is 1.40 bits per heavy atom. The molecule has 15 heavy (non-hydrogen) atoms. The predicted octanol–water partition coefficient (Wildman–Crippen LogP) is 1.32. The lowest BCUT2D eigenvalue weighted by Gasteiger charge is -2.03. The Hall–Kier alpha value is -1.32. The molecule has 0 unspecified atom stereocenters. The van der Waals surface area contributed by atoms with Crippen LogP contribution in [0.4, 0.5) is 0 Å². The number of nitrogens with zero attached hydrogens (tertiary/aromatic N) is 2. The summed E-state index contributed by atoms with van der Waals surface area (Å²) in [5, 5.41) is 8.75. The smallest absolute Gasteiger partial charge is 0.311 e. The van der Waals surface area contributed by atoms with Crippen molar-refractivity contribution in [3.05, 3.63) is 17.2 Å². The Morgan fingerprint density at radius 2 is 2.13 bits per heavy atom. The van der Waals surface area contributed by atoms with E-state index >= 15 is 0 Å². The fourth-order valence-electron chi connectivity index (χ4n) is 2.21. The molecule has 1 aromatic rings. The zero-order valence-electron chi connectivity index (χ0n) is 8.99. The summed E-state index contributed by atoms with van der Waals surface area (Å²) in [5.74, 6) is -0.118. The van der Waals surface area contributed by atoms with Gasteiger partial charge < -0.3 is 9.67 Å². The van der Waals surface area contributed by atoms with E-state index in [9.17, 15) is 4.79 Å². The number of imidazole rings is 1. The van der Waals surface area contributed by atoms with Crippen LogP contribution in [0.3, 0.4) is 0 Å². The van der Waals surface area contributed by atoms with Crippen molar-refractivity contribution in [2.75, 3.05) is 0 Å². The van der Waals surface area contributed by atoms with Crippen LogP contribution in [0, 0.1) is 0 Å². The molecule has 0 bridgehead atoms. The second-order valence-electron chi connectivity index (χ2n) is 4.11. The molecular formula is C11H16N2O2. The van der Waals surface area contributed by atoms with Crippen LogP contribution in [-0.4, -0.2) is 20.6 Å². The zero-order valence-corrected chi connectivity index (χ0v) is 8.99. The maximum atomic E-state index is 10.6. The largest absolute Gasteiger partial charge is 0.481 e. The molecule has 2 rings (SSSR count). The Labute approximate surface area is 88.9 Å². The first-order chi connectivity index (χ1) is 7.18. The van der Waals surface area contributed by atoms with Crippen molar-refractivity contribution in [1.29, 1.82) is 0 Å². The van der Waals surface area contributed by atoms with E-state index in [4.69, 9.17) is 5.11 Å². The molecule has 0 saturated heterocycles. The van der Waals surface area contributed by atoms with Crippen molar-refractivity contribution in [3.8, 4) is 0 Å². The predicted molar refractivity (Wildman–Crippen MR) is 55.8 cm³/mol. The summed E-state index contributed by atoms with van der Waals surface area (Å²) in [6.07, 6.45) is 5.70. The minimum atomic E-state index is -0.807. The third-order valence-corrected chi connectivity index (χ3v) is 3.03. The Bertz CT molecular complexity index is 382. The van der Waals surface area contributed by atoms with E-state index in [1.807, 2.05) is 11.6 Å². The summed E-state index contributed by atoms with van der Waals surface area (Å²) in [4.78, 5) is 15.1. The molecule has 0 radical (unpaired) electrons. The van der Waals surface area contributed by atoms with Gasteiger partial charge in [-0.15, -0.1) is 0 Å². The third-order valence-electron chi connectivity index (χ3n) is 3.03. The van der Waals surface area contributed by atoms with Crippen LogP contribution >= 0.6 is 0 Å². The number of carbonyl (C=O) groups is 1. The van der Waals surface area contributed by atoms with E-state index in [0.717, 1.165) is 18.5 Å². The van der Waals surface area contributed by atoms with Crippen molar-refractivity contribution < 1.29 is 9.90 Å². The van der Waals surface area contributed by atoms with Crippen LogP contribution < -0.4 is 0 Å². The van der Waals surface area contributed by atoms with Gasteiger partial charge in [0.2, 0.25) is 0 Å². The van der Waals surface area contributed by atoms with Crippen molar-refractivity contribution >= 4 is 5.97 Å². The van der Waals surface area contributed by atoms with Gasteiger partial charge in [-0.2, -0.15) is 0 Å². The fourth-order valence-corrected chi connectivity index (χ4v) is 2.21. The summed E-state index contributed by atoms with van der Waals surface area (Å²) >= 11 is 0. The standard InChI is InChI=1S/C11H16N2O2/c1-13-9-6-4-2-3-5-8(9)12-10(13)7-11(14)15/h2-7H2,1H3,(H,14,15). The average molecular weight is 208 g/mol. The van der Waals surface area contributed by atoms with Gasteiger partial charge in [-0.25, -0.2) is 4.98 Å². The van der Waals surface area contributed by atoms with Crippen molar-refractivity contribution in [2.24, 2.45) is 7.05 Å². The highest BCUT2D eigenvalue weighted by molar-refractivity contribution is 5.69. The first-order valence-corrected chi connectivity index (χ1v) is 5.43. The number of carboxylic acid groups (broad SMARTS) is 1. The summed E-state index contributed by atoms with van der Waals surface area (Å²) < 4.78 is 1.97. The monoisotopic (exact) mass is 208 g/mol. The van der Waals surface area contributed by atoms with Crippen molar-refractivity contribution in [1.82, 2.24) is 9.55 Å². The highest BCUT2D eigenvalue weighted by atomic mass is 16.4. The van der Waals surface area contributed by atoms with Crippen molar-refractivity contribution in [2.45, 2.75) is 38.5 Å². The molecule has 1 aliphatic carbocycles. The zero-order chi connectivity index (χ0) is 10.8. The Balaban J connectivity index is 2.31. The Morgan fingerprint density at radius 3 is 2.87 bits per heavy atom. The SMILES string of the molecule is Cn1c(CC(=O)O)nc2c1CCCCC2. The molecule has 0 amide bonds. The normalized spacial score (nSPS) is 15.8. The number of hydrogen-bond donors (Lipinski definition) is 1. The number of aliphatic carboxylic acids is 1. The van der Waals surface area contributed by atoms with E-state index < -0.39 is 5.97 Å². The molecule has 1 N–H and O–H groups in total. The van der Waals surface area contributed by atoms with Gasteiger partial charge in [-0.3, -0.25) is 4.79 Å². The lowest BCUT2D eigenvalue weighted by atomic mass is 10.2. The lowest BCUT2D eigenvalue weighted by Crippen LogP contribution is -2.08. The first-order valence-electron chi connectivity index (χ1n) is 5.43. The molecule has 0 fully saturated rings. The minimum Gasteiger partial charge on any atom is -0.481 e. The Kier molecular flexibility index (Phi) is 2.75. The van der Waals surface area contributed by atoms with Crippen molar-refractivity contribution in [3.63, 3.8) is 0 Å². The number of aromatic nitrogens is 2. The second-order valence-corrected chi connectivity index (χ2v) is 4.11. The van der Waals surface area contributed by atoms with Crippen LogP contribution in [0.15, 0.2) is 0 Å². The number of aryl methyl sites for hydroxylation is 1. The molecule has 1 heterocycles. The van der Waals surface area contributed by atoms with Gasteiger partial charge >= 0.3 is 5.97 Å². The molecule has 82 valence electrons. The average Bonchev–Trinajstić information content (AvgIpc) is 2.40. The molecule has 0 atom stereocenters. The molecule has 0 aliphatic heterocycles. The topological polar surface area (TPSA) is 55.1 Å². The molecule has 0 saturated carbocycles. The fraction of sp³-hybridized carbons (Fsp3) is 0.636. The molecule has 1 aromatic heterocycles. The molecule has 0 aromatic carbocycles. The van der Waals surface area contributed by atoms with Gasteiger partial charge in [-0.1, -0.05) is 6.42 Å². The maximum Gasteiger partial charge on any atom is 0.311 e. The number of fused-ring (bicyclic) bond motifs is 1. The van der Waals surface area contributed by atoms with Gasteiger partial charge in [0.25, 0.3) is 0 Å². The molecule has 1 aliphatic rings. The van der Waals surface area contributed by atoms with Gasteiger partial charge in [0, 0.05) is 12.7 Å². The van der Waals surface area contributed by atoms with Crippen LogP contribution in [-0.2, 0) is 31.1 Å². The van der Waals surface area contributed by atoms with Gasteiger partial charge in [0.1, 0.15) is 12.2 Å². The van der Waals surface area contributed by atoms with Crippen LogP contribution in [0.2, 0.25) is 0 Å². The van der Waals surface area contributed by atoms with E-state index in [1.165, 1.54) is 25.0 Å². The van der Waals surface area contributed by atoms with Crippen LogP contribution in [0.5, 0.6) is 0 Å². The van der Waals surface area contributed by atoms with E-state index in [2.05, 4.69) is 4.98 Å². The van der Waals surface area contributed by atoms with E-state index in [-0.39, 0.29) is 6.42 Å². The summed E-state index contributed by atoms with van der Waals surface area (Å²) in [6, 6.07) is 0. The van der Waals surface area contributed by atoms with Gasteiger partial charge in [0.05, 0.1) is 5.69 Å². The molecular weight excluding hydrogens is 192 g/mol. The number of rotatable bonds is 2. The number of carboxylic acids is 1. The maximum absolute atomic E-state index is 10.6. The third kappa shape index (κ3) is 2.03. The minimum absolute atomic E-state index is 0.0312. The second kappa shape index (κ2) is 4.04. The highest BCUT2D eigenvalue weighted by Gasteiger charge is 2.17. The van der Waals surface area contributed by atoms with Crippen LogP contribution in [0.1, 0.15) is 36.5 Å². The summed E-state index contributed by atoms with van der Waals surface area (Å²) in [7, 11) is 1.93. The molecule has 4 heteroatoms. The van der Waals surface area contributed by atoms with Gasteiger partial charge in [0.15, 0.2) is 0 Å². The highest BCUT2D eigenvalue weighted by Crippen LogP contribution is 2.20. The quantitative estimate of drug-likeness (QED) is 0.746. The first kappa shape index (κ1) is 10.2. The van der Waals surface area contributed by atoms with Crippen LogP contribution in [0.25, 0.3) is 0 Å². The summed E-state index contributed by atoms with van der Waals surface area (Å²) in [6.45, 7) is 0. The molecule has 4 nitrogen and oxygen atoms in total.